The highest BCUT2D eigenvalue weighted by Crippen LogP contribution is 2.23. The molecular weight excluding hydrogens is 394 g/mol. The number of para-hydroxylation sites is 1. The van der Waals surface area contributed by atoms with Crippen LogP contribution in [-0.4, -0.2) is 31.1 Å². The van der Waals surface area contributed by atoms with Gasteiger partial charge in [0.2, 0.25) is 0 Å². The molecule has 3 amide bonds. The highest BCUT2D eigenvalue weighted by atomic mass is 16.5. The summed E-state index contributed by atoms with van der Waals surface area (Å²) >= 11 is 0. The molecule has 0 saturated heterocycles. The Morgan fingerprint density at radius 2 is 1.61 bits per heavy atom. The van der Waals surface area contributed by atoms with Gasteiger partial charge in [-0.25, -0.2) is 4.79 Å². The molecule has 0 aliphatic rings. The monoisotopic (exact) mass is 419 g/mol. The molecule has 0 radical (unpaired) electrons. The predicted molar refractivity (Wildman–Crippen MR) is 120 cm³/mol. The van der Waals surface area contributed by atoms with Gasteiger partial charge in [0.25, 0.3) is 5.91 Å². The molecule has 7 nitrogen and oxygen atoms in total. The fourth-order valence-electron chi connectivity index (χ4n) is 3.18. The van der Waals surface area contributed by atoms with Crippen molar-refractivity contribution in [1.82, 2.24) is 10.6 Å². The van der Waals surface area contributed by atoms with Crippen molar-refractivity contribution in [3.63, 3.8) is 0 Å². The molecule has 3 aromatic carbocycles. The summed E-state index contributed by atoms with van der Waals surface area (Å²) in [6, 6.07) is 22.2. The topological polar surface area (TPSA) is 96.5 Å². The highest BCUT2D eigenvalue weighted by molar-refractivity contribution is 5.89. The quantitative estimate of drug-likeness (QED) is 0.484. The summed E-state index contributed by atoms with van der Waals surface area (Å²) in [6.45, 7) is 1.62. The Hall–Kier alpha value is -3.87. The minimum atomic E-state index is -0.562. The summed E-state index contributed by atoms with van der Waals surface area (Å²) in [5.74, 6) is -0.948. The Morgan fingerprint density at radius 3 is 2.42 bits per heavy atom. The molecule has 0 aliphatic heterocycles. The van der Waals surface area contributed by atoms with E-state index in [9.17, 15) is 14.4 Å². The largest absolute Gasteiger partial charge is 0.456 e. The average molecular weight is 419 g/mol. The number of fused-ring (bicyclic) bond motifs is 1. The number of anilines is 1. The molecule has 31 heavy (non-hydrogen) atoms. The van der Waals surface area contributed by atoms with E-state index in [2.05, 4.69) is 16.0 Å². The third-order valence-corrected chi connectivity index (χ3v) is 4.68. The molecule has 0 aromatic heterocycles. The first kappa shape index (κ1) is 21.8. The molecule has 1 atom stereocenters. The van der Waals surface area contributed by atoms with E-state index >= 15 is 0 Å². The van der Waals surface area contributed by atoms with Crippen LogP contribution < -0.4 is 16.0 Å². The van der Waals surface area contributed by atoms with Crippen LogP contribution in [0.4, 0.5) is 10.5 Å². The number of ether oxygens (including phenoxy) is 1. The van der Waals surface area contributed by atoms with Crippen molar-refractivity contribution < 1.29 is 19.1 Å². The van der Waals surface area contributed by atoms with E-state index in [1.807, 2.05) is 55.5 Å². The molecule has 0 saturated carbocycles. The maximum absolute atomic E-state index is 12.2. The molecule has 0 unspecified atom stereocenters. The van der Waals surface area contributed by atoms with Crippen molar-refractivity contribution in [2.24, 2.45) is 0 Å². The Kier molecular flexibility index (Phi) is 7.59. The second-order valence-corrected chi connectivity index (χ2v) is 7.02. The summed E-state index contributed by atoms with van der Waals surface area (Å²) in [5, 5.41) is 10.2. The van der Waals surface area contributed by atoms with E-state index in [-0.39, 0.29) is 31.5 Å². The molecule has 0 fully saturated rings. The van der Waals surface area contributed by atoms with Gasteiger partial charge >= 0.3 is 12.0 Å². The van der Waals surface area contributed by atoms with Crippen LogP contribution in [0.2, 0.25) is 0 Å². The second kappa shape index (κ2) is 10.8. The third-order valence-electron chi connectivity index (χ3n) is 4.68. The third kappa shape index (κ3) is 6.57. The number of esters is 1. The van der Waals surface area contributed by atoms with E-state index in [1.54, 1.807) is 24.3 Å². The molecule has 3 aromatic rings. The molecule has 0 bridgehead atoms. The van der Waals surface area contributed by atoms with Crippen LogP contribution in [0.15, 0.2) is 72.8 Å². The minimum Gasteiger partial charge on any atom is -0.456 e. The van der Waals surface area contributed by atoms with Gasteiger partial charge < -0.3 is 20.7 Å². The molecule has 3 rings (SSSR count). The van der Waals surface area contributed by atoms with E-state index in [0.29, 0.717) is 5.69 Å². The summed E-state index contributed by atoms with van der Waals surface area (Å²) < 4.78 is 5.01. The maximum Gasteiger partial charge on any atom is 0.319 e. The number of urea groups is 1. The number of carbonyl (C=O) groups is 3. The van der Waals surface area contributed by atoms with Crippen molar-refractivity contribution in [1.29, 1.82) is 0 Å². The summed E-state index contributed by atoms with van der Waals surface area (Å²) in [6.07, 6.45) is -0.0334. The van der Waals surface area contributed by atoms with Gasteiger partial charge in [-0.3, -0.25) is 9.59 Å². The van der Waals surface area contributed by atoms with Gasteiger partial charge in [-0.1, -0.05) is 60.7 Å². The first-order valence-electron chi connectivity index (χ1n) is 10.1. The molecule has 7 heteroatoms. The number of amides is 3. The Labute approximate surface area is 180 Å². The molecule has 0 heterocycles. The van der Waals surface area contributed by atoms with Gasteiger partial charge in [-0.15, -0.1) is 0 Å². The molecule has 160 valence electrons. The zero-order valence-electron chi connectivity index (χ0n) is 17.3. The second-order valence-electron chi connectivity index (χ2n) is 7.02. The molecular formula is C24H25N3O4. The number of rotatable bonds is 8. The van der Waals surface area contributed by atoms with Crippen LogP contribution in [0.3, 0.4) is 0 Å². The number of carbonyl (C=O) groups excluding carboxylic acids is 3. The van der Waals surface area contributed by atoms with Crippen molar-refractivity contribution in [2.45, 2.75) is 19.4 Å². The lowest BCUT2D eigenvalue weighted by atomic mass is 10.00. The fourth-order valence-corrected chi connectivity index (χ4v) is 3.18. The minimum absolute atomic E-state index is 0.0334. The van der Waals surface area contributed by atoms with Crippen LogP contribution in [0, 0.1) is 0 Å². The Balaban J connectivity index is 1.38. The van der Waals surface area contributed by atoms with Crippen LogP contribution in [0.25, 0.3) is 10.8 Å². The van der Waals surface area contributed by atoms with Gasteiger partial charge in [0.15, 0.2) is 6.61 Å². The van der Waals surface area contributed by atoms with Gasteiger partial charge in [0.1, 0.15) is 0 Å². The number of benzene rings is 3. The zero-order chi connectivity index (χ0) is 22.1. The SMILES string of the molecule is C[C@@H](NC(=O)COC(=O)CCNC(=O)Nc1ccccc1)c1cccc2ccccc12. The summed E-state index contributed by atoms with van der Waals surface area (Å²) in [4.78, 5) is 35.8. The van der Waals surface area contributed by atoms with Crippen molar-refractivity contribution in [3.8, 4) is 0 Å². The smallest absolute Gasteiger partial charge is 0.319 e. The Bertz CT molecular complexity index is 1050. The Morgan fingerprint density at radius 1 is 0.903 bits per heavy atom. The van der Waals surface area contributed by atoms with Gasteiger partial charge in [0.05, 0.1) is 12.5 Å². The summed E-state index contributed by atoms with van der Waals surface area (Å²) in [5.41, 5.74) is 1.64. The highest BCUT2D eigenvalue weighted by Gasteiger charge is 2.14. The van der Waals surface area contributed by atoms with Crippen LogP contribution in [0.5, 0.6) is 0 Å². The average Bonchev–Trinajstić information content (AvgIpc) is 2.78. The lowest BCUT2D eigenvalue weighted by Gasteiger charge is -2.16. The zero-order valence-corrected chi connectivity index (χ0v) is 17.3. The predicted octanol–water partition coefficient (Wildman–Crippen LogP) is 3.77. The van der Waals surface area contributed by atoms with E-state index in [0.717, 1.165) is 16.3 Å². The number of nitrogens with one attached hydrogen (secondary N) is 3. The first-order chi connectivity index (χ1) is 15.0. The van der Waals surface area contributed by atoms with Crippen molar-refractivity contribution >= 4 is 34.4 Å². The number of hydrogen-bond acceptors (Lipinski definition) is 4. The van der Waals surface area contributed by atoms with E-state index in [4.69, 9.17) is 4.74 Å². The van der Waals surface area contributed by atoms with Gasteiger partial charge in [0, 0.05) is 12.2 Å². The molecule has 3 N–H and O–H groups in total. The lowest BCUT2D eigenvalue weighted by molar-refractivity contribution is -0.148. The standard InChI is InChI=1S/C24H25N3O4/c1-17(20-13-7-9-18-8-5-6-12-21(18)20)26-22(28)16-31-23(29)14-15-25-24(30)27-19-10-3-2-4-11-19/h2-13,17H,14-16H2,1H3,(H,26,28)(H2,25,27,30)/t17-/m1/s1. The molecule has 0 spiro atoms. The van der Waals surface area contributed by atoms with Gasteiger partial charge in [-0.2, -0.15) is 0 Å². The first-order valence-corrected chi connectivity index (χ1v) is 10.1. The normalized spacial score (nSPS) is 11.4. The van der Waals surface area contributed by atoms with Crippen molar-refractivity contribution in [3.05, 3.63) is 78.4 Å². The van der Waals surface area contributed by atoms with E-state index < -0.39 is 12.0 Å². The summed E-state index contributed by atoms with van der Waals surface area (Å²) in [7, 11) is 0. The number of hydrogen-bond donors (Lipinski definition) is 3. The van der Waals surface area contributed by atoms with Crippen molar-refractivity contribution in [2.75, 3.05) is 18.5 Å². The van der Waals surface area contributed by atoms with Gasteiger partial charge in [-0.05, 0) is 35.4 Å². The fraction of sp³-hybridized carbons (Fsp3) is 0.208. The lowest BCUT2D eigenvalue weighted by Crippen LogP contribution is -2.33. The van der Waals surface area contributed by atoms with Crippen LogP contribution in [0.1, 0.15) is 24.9 Å². The maximum atomic E-state index is 12.2. The molecule has 0 aliphatic carbocycles. The van der Waals surface area contributed by atoms with E-state index in [1.165, 1.54) is 0 Å². The van der Waals surface area contributed by atoms with Crippen LogP contribution >= 0.6 is 0 Å². The van der Waals surface area contributed by atoms with Crippen LogP contribution in [-0.2, 0) is 14.3 Å².